The summed E-state index contributed by atoms with van der Waals surface area (Å²) in [4.78, 5) is 4.76. The van der Waals surface area contributed by atoms with Crippen molar-refractivity contribution < 1.29 is 0 Å². The fourth-order valence-electron chi connectivity index (χ4n) is 16.1. The molecule has 0 spiro atoms. The average Bonchev–Trinajstić information content (AvgIpc) is 1.56. The molecule has 0 unspecified atom stereocenters. The molecule has 0 saturated carbocycles. The smallest absolute Gasteiger partial charge is 0.0620 e. The number of hydrogen-bond acceptors (Lipinski definition) is 2. The van der Waals surface area contributed by atoms with E-state index in [1.54, 1.807) is 0 Å². The van der Waals surface area contributed by atoms with E-state index in [9.17, 15) is 0 Å². The third kappa shape index (κ3) is 11.4. The quantitative estimate of drug-likeness (QED) is 0.0959. The molecule has 0 atom stereocenters. The van der Waals surface area contributed by atoms with E-state index < -0.39 is 0 Å². The highest BCUT2D eigenvalue weighted by Gasteiger charge is 2.27. The summed E-state index contributed by atoms with van der Waals surface area (Å²) in [5.74, 6) is 0. The molecule has 2 aromatic heterocycles. The molecule has 0 N–H and O–H groups in total. The van der Waals surface area contributed by atoms with Crippen molar-refractivity contribution in [2.24, 2.45) is 0 Å². The summed E-state index contributed by atoms with van der Waals surface area (Å²) in [6.45, 7) is 0. The second-order valence-corrected chi connectivity index (χ2v) is 27.1. The van der Waals surface area contributed by atoms with Crippen LogP contribution in [0.25, 0.3) is 144 Å². The first-order valence-electron chi connectivity index (χ1n) is 36.4. The van der Waals surface area contributed by atoms with E-state index >= 15 is 0 Å². The Balaban J connectivity index is 0.750. The van der Waals surface area contributed by atoms with E-state index in [-0.39, 0.29) is 0 Å². The van der Waals surface area contributed by atoms with E-state index in [1.807, 2.05) is 0 Å². The molecule has 0 saturated heterocycles. The molecule has 0 amide bonds. The van der Waals surface area contributed by atoms with Gasteiger partial charge in [0.1, 0.15) is 0 Å². The maximum Gasteiger partial charge on any atom is 0.0620 e. The lowest BCUT2D eigenvalue weighted by molar-refractivity contribution is 1.14. The highest BCUT2D eigenvalue weighted by molar-refractivity contribution is 6.20. The van der Waals surface area contributed by atoms with Gasteiger partial charge in [0.2, 0.25) is 0 Å². The number of rotatable bonds is 16. The first-order chi connectivity index (χ1) is 52.6. The highest BCUT2D eigenvalue weighted by Crippen LogP contribution is 2.50. The topological polar surface area (TPSA) is 16.3 Å². The molecule has 498 valence electrons. The maximum absolute atomic E-state index is 2.49. The lowest BCUT2D eigenvalue weighted by atomic mass is 9.94. The Morgan fingerprint density at radius 1 is 0.151 bits per heavy atom. The molecule has 0 aliphatic carbocycles. The van der Waals surface area contributed by atoms with Gasteiger partial charge < -0.3 is 18.9 Å². The minimum absolute atomic E-state index is 1.03. The number of hydrogen-bond donors (Lipinski definition) is 0. The predicted octanol–water partition coefficient (Wildman–Crippen LogP) is 28.2. The Kier molecular flexibility index (Phi) is 16.2. The molecule has 4 nitrogen and oxygen atoms in total. The van der Waals surface area contributed by atoms with Crippen LogP contribution in [0.3, 0.4) is 0 Å². The van der Waals surface area contributed by atoms with Crippen molar-refractivity contribution in [3.63, 3.8) is 0 Å². The molecule has 0 bridgehead atoms. The Morgan fingerprint density at radius 3 is 0.689 bits per heavy atom. The van der Waals surface area contributed by atoms with Gasteiger partial charge in [0.05, 0.1) is 22.4 Å². The van der Waals surface area contributed by atoms with Gasteiger partial charge in [-0.2, -0.15) is 0 Å². The number of anilines is 6. The van der Waals surface area contributed by atoms with E-state index in [2.05, 4.69) is 444 Å². The fraction of sp³-hybridized carbons (Fsp3) is 0. The van der Waals surface area contributed by atoms with Crippen molar-refractivity contribution in [3.8, 4) is 101 Å². The van der Waals surface area contributed by atoms with Crippen LogP contribution in [0, 0.1) is 0 Å². The molecule has 19 rings (SSSR count). The number of fused-ring (bicyclic) bond motifs is 6. The van der Waals surface area contributed by atoms with Gasteiger partial charge in [-0.1, -0.05) is 328 Å². The number of aromatic nitrogens is 2. The Labute approximate surface area is 617 Å². The third-order valence-corrected chi connectivity index (χ3v) is 20.9. The second-order valence-electron chi connectivity index (χ2n) is 27.1. The Bertz CT molecular complexity index is 5950. The number of benzene rings is 17. The molecule has 17 aromatic carbocycles. The molecule has 0 fully saturated rings. The average molecular weight is 1350 g/mol. The van der Waals surface area contributed by atoms with Gasteiger partial charge in [-0.25, -0.2) is 0 Å². The van der Waals surface area contributed by atoms with Crippen LogP contribution in [0.15, 0.2) is 425 Å². The molecule has 0 aliphatic heterocycles. The van der Waals surface area contributed by atoms with Crippen LogP contribution in [0.4, 0.5) is 34.1 Å². The lowest BCUT2D eigenvalue weighted by Gasteiger charge is -2.29. The standard InChI is InChI=1S/C102H70N4/c1-9-27-71(28-10-1)73-47-55-83(56-48-73)103(84-57-49-74(50-58-84)72-29-11-2-12-30-72)87-63-65-88(66-64-87)104(85-59-51-75(52-60-85)89-43-25-45-93-91(89)67-69-95-97(77-31-13-3-14-32-77)99(79-35-17-5-18-36-79)105(101(93)95)81-39-21-7-22-40-81)86-61-53-76(54-62-86)90-44-26-46-94-92(90)68-70-96-98(78-33-15-4-16-34-78)100(80-37-19-6-20-38-80)106(102(94)96)82-41-23-8-24-42-82/h1-70H. The summed E-state index contributed by atoms with van der Waals surface area (Å²) in [6.07, 6.45) is 0. The van der Waals surface area contributed by atoms with E-state index in [0.29, 0.717) is 0 Å². The van der Waals surface area contributed by atoms with Crippen molar-refractivity contribution in [1.82, 2.24) is 9.13 Å². The van der Waals surface area contributed by atoms with Gasteiger partial charge >= 0.3 is 0 Å². The van der Waals surface area contributed by atoms with Gasteiger partial charge in [0.25, 0.3) is 0 Å². The molecule has 0 aliphatic rings. The minimum Gasteiger partial charge on any atom is -0.311 e. The molecular weight excluding hydrogens is 1280 g/mol. The number of para-hydroxylation sites is 2. The summed E-state index contributed by atoms with van der Waals surface area (Å²) in [5, 5.41) is 7.16. The second kappa shape index (κ2) is 27.4. The summed E-state index contributed by atoms with van der Waals surface area (Å²) < 4.78 is 4.98. The maximum atomic E-state index is 2.49. The summed E-state index contributed by atoms with van der Waals surface area (Å²) in [6, 6.07) is 155. The largest absolute Gasteiger partial charge is 0.311 e. The third-order valence-electron chi connectivity index (χ3n) is 20.9. The first-order valence-corrected chi connectivity index (χ1v) is 36.4. The molecule has 106 heavy (non-hydrogen) atoms. The van der Waals surface area contributed by atoms with E-state index in [0.717, 1.165) is 67.8 Å². The van der Waals surface area contributed by atoms with Crippen molar-refractivity contribution in [1.29, 1.82) is 0 Å². The predicted molar refractivity (Wildman–Crippen MR) is 448 cm³/mol. The van der Waals surface area contributed by atoms with Crippen LogP contribution >= 0.6 is 0 Å². The van der Waals surface area contributed by atoms with E-state index in [1.165, 1.54) is 110 Å². The van der Waals surface area contributed by atoms with Crippen LogP contribution in [-0.4, -0.2) is 9.13 Å². The van der Waals surface area contributed by atoms with Crippen LogP contribution in [0.2, 0.25) is 0 Å². The van der Waals surface area contributed by atoms with Crippen LogP contribution < -0.4 is 9.80 Å². The highest BCUT2D eigenvalue weighted by atomic mass is 15.2. The van der Waals surface area contributed by atoms with Gasteiger partial charge in [-0.3, -0.25) is 0 Å². The zero-order chi connectivity index (χ0) is 70.3. The molecule has 0 radical (unpaired) electrons. The number of nitrogens with zero attached hydrogens (tertiary/aromatic N) is 4. The van der Waals surface area contributed by atoms with Crippen molar-refractivity contribution >= 4 is 77.5 Å². The lowest BCUT2D eigenvalue weighted by Crippen LogP contribution is -2.12. The van der Waals surface area contributed by atoms with Gasteiger partial charge in [0.15, 0.2) is 0 Å². The fourth-order valence-corrected chi connectivity index (χ4v) is 16.1. The molecule has 19 aromatic rings. The van der Waals surface area contributed by atoms with Crippen LogP contribution in [0.1, 0.15) is 0 Å². The summed E-state index contributed by atoms with van der Waals surface area (Å²) >= 11 is 0. The van der Waals surface area contributed by atoms with Gasteiger partial charge in [-0.15, -0.1) is 0 Å². The van der Waals surface area contributed by atoms with Crippen LogP contribution in [-0.2, 0) is 0 Å². The zero-order valence-electron chi connectivity index (χ0n) is 58.2. The zero-order valence-corrected chi connectivity index (χ0v) is 58.2. The van der Waals surface area contributed by atoms with Crippen molar-refractivity contribution in [2.75, 3.05) is 9.80 Å². The molecular formula is C102H70N4. The van der Waals surface area contributed by atoms with E-state index in [4.69, 9.17) is 0 Å². The van der Waals surface area contributed by atoms with Gasteiger partial charge in [-0.05, 0) is 175 Å². The summed E-state index contributed by atoms with van der Waals surface area (Å²) in [7, 11) is 0. The Morgan fingerprint density at radius 2 is 0.387 bits per heavy atom. The summed E-state index contributed by atoms with van der Waals surface area (Å²) in [5.41, 5.74) is 29.6. The minimum atomic E-state index is 1.03. The monoisotopic (exact) mass is 1350 g/mol. The van der Waals surface area contributed by atoms with Crippen LogP contribution in [0.5, 0.6) is 0 Å². The molecule has 4 heteroatoms. The molecule has 2 heterocycles. The van der Waals surface area contributed by atoms with Crippen molar-refractivity contribution in [3.05, 3.63) is 425 Å². The first kappa shape index (κ1) is 62.9. The normalized spacial score (nSPS) is 11.4. The van der Waals surface area contributed by atoms with Gasteiger partial charge in [0, 0.05) is 78.2 Å². The van der Waals surface area contributed by atoms with Crippen molar-refractivity contribution in [2.45, 2.75) is 0 Å². The Hall–Kier alpha value is -14.1. The SMILES string of the molecule is c1ccc(-c2ccc(N(c3ccc(-c4ccccc4)cc3)c3ccc(N(c4ccc(-c5cccc6c5ccc5c(-c7ccccc7)c(-c7ccccc7)n(-c7ccccc7)c56)cc4)c4ccc(-c5cccc6c5ccc5c(-c7ccccc7)c(-c7ccccc7)n(-c7ccccc7)c56)cc4)cc3)cc2)cc1.